The third kappa shape index (κ3) is 5.87. The zero-order valence-corrected chi connectivity index (χ0v) is 19.1. The van der Waals surface area contributed by atoms with Gasteiger partial charge in [0.25, 0.3) is 0 Å². The van der Waals surface area contributed by atoms with E-state index in [2.05, 4.69) is 10.0 Å². The topological polar surface area (TPSA) is 93.7 Å². The highest BCUT2D eigenvalue weighted by molar-refractivity contribution is 7.90. The molecule has 0 amide bonds. The van der Waals surface area contributed by atoms with Crippen molar-refractivity contribution in [3.8, 4) is 5.75 Å². The Bertz CT molecular complexity index is 884. The molecule has 3 fully saturated rings. The molecule has 32 heavy (non-hydrogen) atoms. The van der Waals surface area contributed by atoms with E-state index in [9.17, 15) is 17.6 Å². The number of nitrogens with one attached hydrogen (secondary N) is 2. The highest BCUT2D eigenvalue weighted by atomic mass is 32.2. The molecule has 2 atom stereocenters. The number of hydrogen-bond acceptors (Lipinski definition) is 6. The predicted octanol–water partition coefficient (Wildman–Crippen LogP) is 2.65. The van der Waals surface area contributed by atoms with E-state index in [1.54, 1.807) is 12.1 Å². The second-order valence-electron chi connectivity index (χ2n) is 9.11. The van der Waals surface area contributed by atoms with Crippen LogP contribution >= 0.6 is 0 Å². The fourth-order valence-electron chi connectivity index (χ4n) is 4.88. The van der Waals surface area contributed by atoms with Gasteiger partial charge in [0.05, 0.1) is 18.0 Å². The smallest absolute Gasteiger partial charge is 0.214 e. The second-order valence-corrected chi connectivity index (χ2v) is 11.1. The minimum absolute atomic E-state index is 0.0311. The molecule has 4 rings (SSSR count). The normalized spacial score (nSPS) is 28.9. The fraction of sp³-hybridized carbons (Fsp3) is 0.696. The summed E-state index contributed by atoms with van der Waals surface area (Å²) in [6.45, 7) is 1.23. The van der Waals surface area contributed by atoms with Crippen molar-refractivity contribution in [3.63, 3.8) is 0 Å². The van der Waals surface area contributed by atoms with Gasteiger partial charge in [-0.25, -0.2) is 17.5 Å². The summed E-state index contributed by atoms with van der Waals surface area (Å²) in [7, 11) is -3.23. The minimum atomic E-state index is -3.23. The molecule has 3 aliphatic rings. The third-order valence-corrected chi connectivity index (χ3v) is 8.76. The quantitative estimate of drug-likeness (QED) is 0.513. The molecule has 178 valence electrons. The lowest BCUT2D eigenvalue weighted by Crippen LogP contribution is -2.56. The van der Waals surface area contributed by atoms with Crippen LogP contribution in [0.4, 0.5) is 4.39 Å². The van der Waals surface area contributed by atoms with Crippen LogP contribution in [0.15, 0.2) is 18.2 Å². The van der Waals surface area contributed by atoms with Gasteiger partial charge in [-0.2, -0.15) is 0 Å². The summed E-state index contributed by atoms with van der Waals surface area (Å²) in [6, 6.07) is 4.57. The number of sulfonamides is 1. The molecule has 1 aliphatic heterocycles. The number of halogens is 1. The summed E-state index contributed by atoms with van der Waals surface area (Å²) >= 11 is 0. The van der Waals surface area contributed by atoms with Crippen LogP contribution in [-0.2, 0) is 19.6 Å². The van der Waals surface area contributed by atoms with E-state index in [4.69, 9.17) is 9.47 Å². The van der Waals surface area contributed by atoms with E-state index in [1.165, 1.54) is 6.07 Å². The molecule has 1 aromatic carbocycles. The summed E-state index contributed by atoms with van der Waals surface area (Å²) in [5.41, 5.74) is 0.552. The molecule has 0 aromatic heterocycles. The first-order chi connectivity index (χ1) is 15.5. The average molecular weight is 469 g/mol. The molecule has 1 aromatic rings. The van der Waals surface area contributed by atoms with Crippen molar-refractivity contribution in [2.24, 2.45) is 0 Å². The van der Waals surface area contributed by atoms with E-state index < -0.39 is 10.0 Å². The maximum Gasteiger partial charge on any atom is 0.214 e. The van der Waals surface area contributed by atoms with E-state index >= 15 is 0 Å². The van der Waals surface area contributed by atoms with Gasteiger partial charge in [-0.15, -0.1) is 0 Å². The Hall–Kier alpha value is -1.55. The molecule has 0 bridgehead atoms. The summed E-state index contributed by atoms with van der Waals surface area (Å²) in [5.74, 6) is 0.178. The Kier molecular flexibility index (Phi) is 7.81. The number of ether oxygens (including phenoxy) is 2. The van der Waals surface area contributed by atoms with Gasteiger partial charge in [0.15, 0.2) is 6.29 Å². The Morgan fingerprint density at radius 1 is 1.12 bits per heavy atom. The number of piperidine rings is 1. The van der Waals surface area contributed by atoms with Gasteiger partial charge in [0.1, 0.15) is 18.2 Å². The van der Waals surface area contributed by atoms with Crippen LogP contribution in [0.1, 0.15) is 62.8 Å². The number of aldehydes is 1. The lowest BCUT2D eigenvalue weighted by Gasteiger charge is -2.35. The maximum atomic E-state index is 14.5. The van der Waals surface area contributed by atoms with Crippen molar-refractivity contribution in [2.75, 3.05) is 19.8 Å². The molecule has 0 radical (unpaired) electrons. The van der Waals surface area contributed by atoms with Crippen molar-refractivity contribution < 1.29 is 27.1 Å². The largest absolute Gasteiger partial charge is 0.486 e. The van der Waals surface area contributed by atoms with E-state index in [0.717, 1.165) is 57.9 Å². The van der Waals surface area contributed by atoms with Crippen LogP contribution < -0.4 is 14.8 Å². The summed E-state index contributed by atoms with van der Waals surface area (Å²) in [4.78, 5) is 10.7. The molecule has 0 spiro atoms. The van der Waals surface area contributed by atoms with Gasteiger partial charge >= 0.3 is 0 Å². The maximum absolute atomic E-state index is 14.5. The first-order valence-electron chi connectivity index (χ1n) is 11.7. The third-order valence-electron chi connectivity index (χ3n) is 6.78. The van der Waals surface area contributed by atoms with E-state index in [-0.39, 0.29) is 41.8 Å². The highest BCUT2D eigenvalue weighted by Gasteiger charge is 2.39. The van der Waals surface area contributed by atoms with Crippen LogP contribution in [0.3, 0.4) is 0 Å². The molecule has 2 saturated carbocycles. The number of hydrogen-bond donors (Lipinski definition) is 2. The molecule has 7 nitrogen and oxygen atoms in total. The highest BCUT2D eigenvalue weighted by Crippen LogP contribution is 2.40. The van der Waals surface area contributed by atoms with Gasteiger partial charge in [-0.05, 0) is 76.0 Å². The lowest BCUT2D eigenvalue weighted by atomic mass is 9.82. The molecular formula is C23H33FN2O5S. The predicted molar refractivity (Wildman–Crippen MR) is 119 cm³/mol. The fourth-order valence-corrected chi connectivity index (χ4v) is 6.53. The average Bonchev–Trinajstić information content (AvgIpc) is 3.64. The SMILES string of the molecule is O=CCOc1cccc(F)c1C1CCC(OC[C@@H]2NCCC[C@@H]2NS(=O)(=O)C2CC2)CC1. The van der Waals surface area contributed by atoms with Crippen molar-refractivity contribution in [2.45, 2.75) is 80.7 Å². The van der Waals surface area contributed by atoms with Crippen LogP contribution in [0, 0.1) is 5.82 Å². The minimum Gasteiger partial charge on any atom is -0.486 e. The van der Waals surface area contributed by atoms with Gasteiger partial charge in [-0.1, -0.05) is 6.07 Å². The molecular weight excluding hydrogens is 435 g/mol. The first-order valence-corrected chi connectivity index (χ1v) is 13.2. The van der Waals surface area contributed by atoms with E-state index in [0.29, 0.717) is 24.2 Å². The van der Waals surface area contributed by atoms with Crippen molar-refractivity contribution in [1.82, 2.24) is 10.0 Å². The van der Waals surface area contributed by atoms with Crippen molar-refractivity contribution >= 4 is 16.3 Å². The monoisotopic (exact) mass is 468 g/mol. The Labute approximate surface area is 189 Å². The van der Waals surface area contributed by atoms with Gasteiger partial charge in [0.2, 0.25) is 10.0 Å². The van der Waals surface area contributed by atoms with Crippen LogP contribution in [0.2, 0.25) is 0 Å². The van der Waals surface area contributed by atoms with E-state index in [1.807, 2.05) is 0 Å². The number of rotatable bonds is 10. The van der Waals surface area contributed by atoms with Crippen LogP contribution in [0.25, 0.3) is 0 Å². The molecule has 1 saturated heterocycles. The molecule has 2 N–H and O–H groups in total. The number of carbonyl (C=O) groups is 1. The zero-order chi connectivity index (χ0) is 22.6. The standard InChI is InChI=1S/C23H33FN2O5S/c24-19-3-1-5-22(30-14-13-27)23(19)16-6-8-17(9-7-16)31-15-21-20(4-2-12-25-21)26-32(28,29)18-10-11-18/h1,3,5,13,16-18,20-21,25-26H,2,4,6-12,14-15H2/t16?,17?,20-,21-/m0/s1. The summed E-state index contributed by atoms with van der Waals surface area (Å²) < 4.78 is 53.8. The Morgan fingerprint density at radius 2 is 1.91 bits per heavy atom. The lowest BCUT2D eigenvalue weighted by molar-refractivity contribution is -0.109. The molecule has 9 heteroatoms. The summed E-state index contributed by atoms with van der Waals surface area (Å²) in [6.07, 6.45) is 7.16. The van der Waals surface area contributed by atoms with Crippen molar-refractivity contribution in [3.05, 3.63) is 29.6 Å². The first kappa shape index (κ1) is 23.6. The van der Waals surface area contributed by atoms with Gasteiger partial charge < -0.3 is 14.8 Å². The van der Waals surface area contributed by atoms with Gasteiger partial charge in [0, 0.05) is 17.6 Å². The Morgan fingerprint density at radius 3 is 2.62 bits per heavy atom. The summed E-state index contributed by atoms with van der Waals surface area (Å²) in [5, 5.41) is 3.19. The zero-order valence-electron chi connectivity index (χ0n) is 18.3. The van der Waals surface area contributed by atoms with Crippen LogP contribution in [0.5, 0.6) is 5.75 Å². The number of carbonyl (C=O) groups excluding carboxylic acids is 1. The molecule has 0 unspecified atom stereocenters. The molecule has 1 heterocycles. The Balaban J connectivity index is 1.29. The van der Waals surface area contributed by atoms with Crippen molar-refractivity contribution in [1.29, 1.82) is 0 Å². The van der Waals surface area contributed by atoms with Gasteiger partial charge in [-0.3, -0.25) is 4.79 Å². The molecule has 2 aliphatic carbocycles. The second kappa shape index (κ2) is 10.6. The number of benzene rings is 1. The van der Waals surface area contributed by atoms with Crippen LogP contribution in [-0.4, -0.2) is 57.9 Å².